The number of amides is 2. The number of benzene rings is 1. The Morgan fingerprint density at radius 1 is 1.22 bits per heavy atom. The van der Waals surface area contributed by atoms with Crippen molar-refractivity contribution in [1.82, 2.24) is 5.32 Å². The fourth-order valence-corrected chi connectivity index (χ4v) is 1.39. The van der Waals surface area contributed by atoms with E-state index in [1.54, 1.807) is 24.3 Å². The molecule has 0 aliphatic carbocycles. The monoisotopic (exact) mass is 250 g/mol. The summed E-state index contributed by atoms with van der Waals surface area (Å²) in [7, 11) is 1.51. The fourth-order valence-electron chi connectivity index (χ4n) is 1.39. The first kappa shape index (κ1) is 14.0. The number of hydrogen-bond acceptors (Lipinski definition) is 3. The van der Waals surface area contributed by atoms with Crippen molar-refractivity contribution in [1.29, 1.82) is 0 Å². The molecule has 0 bridgehead atoms. The van der Waals surface area contributed by atoms with Crippen molar-refractivity contribution in [2.75, 3.05) is 19.0 Å². The van der Waals surface area contributed by atoms with Crippen molar-refractivity contribution in [3.8, 4) is 5.75 Å². The minimum absolute atomic E-state index is 0.482. The van der Waals surface area contributed by atoms with Gasteiger partial charge in [-0.05, 0) is 18.6 Å². The first-order valence-corrected chi connectivity index (χ1v) is 5.91. The Balaban J connectivity index is 2.55. The molecular formula is C13H18N2O3. The predicted octanol–water partition coefficient (Wildman–Crippen LogP) is 1.55. The fraction of sp³-hybridized carbons (Fsp3) is 0.385. The Kier molecular flexibility index (Phi) is 5.70. The zero-order valence-electron chi connectivity index (χ0n) is 10.7. The third kappa shape index (κ3) is 4.08. The summed E-state index contributed by atoms with van der Waals surface area (Å²) < 4.78 is 5.08. The van der Waals surface area contributed by atoms with Gasteiger partial charge in [0, 0.05) is 6.54 Å². The molecule has 1 aromatic carbocycles. The summed E-state index contributed by atoms with van der Waals surface area (Å²) in [6.45, 7) is 2.52. The first-order chi connectivity index (χ1) is 8.69. The third-order valence-corrected chi connectivity index (χ3v) is 2.38. The normalized spacial score (nSPS) is 9.67. The molecule has 0 heterocycles. The number of hydrogen-bond donors (Lipinski definition) is 2. The smallest absolute Gasteiger partial charge is 0.313 e. The highest BCUT2D eigenvalue weighted by Crippen LogP contribution is 2.22. The molecule has 0 aliphatic rings. The van der Waals surface area contributed by atoms with Gasteiger partial charge in [-0.25, -0.2) is 0 Å². The van der Waals surface area contributed by atoms with Crippen molar-refractivity contribution in [3.05, 3.63) is 24.3 Å². The van der Waals surface area contributed by atoms with Crippen LogP contribution in [0.15, 0.2) is 24.3 Å². The van der Waals surface area contributed by atoms with Gasteiger partial charge in [0.15, 0.2) is 0 Å². The molecule has 1 rings (SSSR count). The van der Waals surface area contributed by atoms with Crippen LogP contribution < -0.4 is 15.4 Å². The second kappa shape index (κ2) is 7.32. The second-order valence-corrected chi connectivity index (χ2v) is 3.76. The van der Waals surface area contributed by atoms with Gasteiger partial charge in [-0.1, -0.05) is 25.5 Å². The van der Waals surface area contributed by atoms with E-state index in [2.05, 4.69) is 10.6 Å². The Bertz CT molecular complexity index is 418. The van der Waals surface area contributed by atoms with Crippen molar-refractivity contribution in [2.45, 2.75) is 19.8 Å². The summed E-state index contributed by atoms with van der Waals surface area (Å²) in [5.74, 6) is -0.794. The van der Waals surface area contributed by atoms with Crippen LogP contribution in [0.3, 0.4) is 0 Å². The molecule has 5 heteroatoms. The van der Waals surface area contributed by atoms with E-state index in [0.717, 1.165) is 12.8 Å². The standard InChI is InChI=1S/C13H18N2O3/c1-3-4-9-14-12(16)13(17)15-10-7-5-6-8-11(10)18-2/h5-8H,3-4,9H2,1-2H3,(H,14,16)(H,15,17). The molecule has 0 saturated heterocycles. The molecule has 2 amide bonds. The van der Waals surface area contributed by atoms with Crippen LogP contribution in [-0.4, -0.2) is 25.5 Å². The Hall–Kier alpha value is -2.04. The summed E-state index contributed by atoms with van der Waals surface area (Å²) in [6.07, 6.45) is 1.82. The lowest BCUT2D eigenvalue weighted by atomic mass is 10.3. The molecule has 0 fully saturated rings. The topological polar surface area (TPSA) is 67.4 Å². The Labute approximate surface area is 107 Å². The molecule has 2 N–H and O–H groups in total. The SMILES string of the molecule is CCCCNC(=O)C(=O)Nc1ccccc1OC. The molecule has 98 valence electrons. The van der Waals surface area contributed by atoms with Crippen LogP contribution in [0.25, 0.3) is 0 Å². The van der Waals surface area contributed by atoms with Crippen molar-refractivity contribution < 1.29 is 14.3 Å². The van der Waals surface area contributed by atoms with Gasteiger partial charge >= 0.3 is 11.8 Å². The summed E-state index contributed by atoms with van der Waals surface area (Å²) >= 11 is 0. The van der Waals surface area contributed by atoms with E-state index in [9.17, 15) is 9.59 Å². The highest BCUT2D eigenvalue weighted by atomic mass is 16.5. The van der Waals surface area contributed by atoms with Crippen molar-refractivity contribution >= 4 is 17.5 Å². The van der Waals surface area contributed by atoms with Gasteiger partial charge in [0.1, 0.15) is 5.75 Å². The van der Waals surface area contributed by atoms with E-state index >= 15 is 0 Å². The minimum Gasteiger partial charge on any atom is -0.495 e. The number of ether oxygens (including phenoxy) is 1. The van der Waals surface area contributed by atoms with Crippen LogP contribution in [0, 0.1) is 0 Å². The van der Waals surface area contributed by atoms with Gasteiger partial charge < -0.3 is 15.4 Å². The molecular weight excluding hydrogens is 232 g/mol. The minimum atomic E-state index is -0.685. The number of carbonyl (C=O) groups is 2. The van der Waals surface area contributed by atoms with E-state index in [-0.39, 0.29) is 0 Å². The Morgan fingerprint density at radius 2 is 1.94 bits per heavy atom. The molecule has 18 heavy (non-hydrogen) atoms. The lowest BCUT2D eigenvalue weighted by Gasteiger charge is -2.09. The van der Waals surface area contributed by atoms with Gasteiger partial charge in [0.05, 0.1) is 12.8 Å². The van der Waals surface area contributed by atoms with Crippen LogP contribution in [0.5, 0.6) is 5.75 Å². The second-order valence-electron chi connectivity index (χ2n) is 3.76. The summed E-state index contributed by atoms with van der Waals surface area (Å²) in [6, 6.07) is 6.93. The van der Waals surface area contributed by atoms with Crippen molar-refractivity contribution in [2.24, 2.45) is 0 Å². The molecule has 0 unspecified atom stereocenters. The number of carbonyl (C=O) groups excluding carboxylic acids is 2. The van der Waals surface area contributed by atoms with Gasteiger partial charge in [-0.3, -0.25) is 9.59 Å². The van der Waals surface area contributed by atoms with E-state index in [1.807, 2.05) is 6.92 Å². The summed E-state index contributed by atoms with van der Waals surface area (Å²) in [5, 5.41) is 5.06. The van der Waals surface area contributed by atoms with Crippen LogP contribution >= 0.6 is 0 Å². The zero-order valence-corrected chi connectivity index (χ0v) is 10.7. The number of methoxy groups -OCH3 is 1. The largest absolute Gasteiger partial charge is 0.495 e. The third-order valence-electron chi connectivity index (χ3n) is 2.38. The molecule has 5 nitrogen and oxygen atoms in total. The number of anilines is 1. The maximum atomic E-state index is 11.6. The van der Waals surface area contributed by atoms with Crippen molar-refractivity contribution in [3.63, 3.8) is 0 Å². The van der Waals surface area contributed by atoms with E-state index in [4.69, 9.17) is 4.74 Å². The first-order valence-electron chi connectivity index (χ1n) is 5.91. The molecule has 0 radical (unpaired) electrons. The van der Waals surface area contributed by atoms with Gasteiger partial charge in [0.2, 0.25) is 0 Å². The quantitative estimate of drug-likeness (QED) is 0.615. The van der Waals surface area contributed by atoms with E-state index in [1.165, 1.54) is 7.11 Å². The number of nitrogens with one attached hydrogen (secondary N) is 2. The van der Waals surface area contributed by atoms with Gasteiger partial charge in [-0.2, -0.15) is 0 Å². The van der Waals surface area contributed by atoms with Gasteiger partial charge in [0.25, 0.3) is 0 Å². The van der Waals surface area contributed by atoms with Crippen LogP contribution in [0.2, 0.25) is 0 Å². The maximum Gasteiger partial charge on any atom is 0.313 e. The van der Waals surface area contributed by atoms with Crippen LogP contribution in [-0.2, 0) is 9.59 Å². The summed E-state index contributed by atoms with van der Waals surface area (Å²) in [5.41, 5.74) is 0.482. The zero-order chi connectivity index (χ0) is 13.4. The van der Waals surface area contributed by atoms with Gasteiger partial charge in [-0.15, -0.1) is 0 Å². The lowest BCUT2D eigenvalue weighted by Crippen LogP contribution is -2.35. The number of rotatable bonds is 5. The predicted molar refractivity (Wildman–Crippen MR) is 69.5 cm³/mol. The number of unbranched alkanes of at least 4 members (excludes halogenated alkanes) is 1. The molecule has 0 atom stereocenters. The van der Waals surface area contributed by atoms with E-state index in [0.29, 0.717) is 18.0 Å². The molecule has 0 aliphatic heterocycles. The molecule has 0 aromatic heterocycles. The maximum absolute atomic E-state index is 11.6. The lowest BCUT2D eigenvalue weighted by molar-refractivity contribution is -0.136. The van der Waals surface area contributed by atoms with Crippen LogP contribution in [0.4, 0.5) is 5.69 Å². The van der Waals surface area contributed by atoms with E-state index < -0.39 is 11.8 Å². The summed E-state index contributed by atoms with van der Waals surface area (Å²) in [4.78, 5) is 23.1. The highest BCUT2D eigenvalue weighted by Gasteiger charge is 2.14. The molecule has 0 saturated carbocycles. The molecule has 1 aromatic rings. The van der Waals surface area contributed by atoms with Crippen LogP contribution in [0.1, 0.15) is 19.8 Å². The highest BCUT2D eigenvalue weighted by molar-refractivity contribution is 6.39. The molecule has 0 spiro atoms. The Morgan fingerprint density at radius 3 is 2.61 bits per heavy atom. The average Bonchev–Trinajstić information content (AvgIpc) is 2.39. The number of para-hydroxylation sites is 2. The average molecular weight is 250 g/mol.